The van der Waals surface area contributed by atoms with Gasteiger partial charge in [-0.2, -0.15) is 0 Å². The minimum Gasteiger partial charge on any atom is -0.490 e. The van der Waals surface area contributed by atoms with Crippen LogP contribution >= 0.6 is 11.8 Å². The second-order valence-corrected chi connectivity index (χ2v) is 8.24. The third kappa shape index (κ3) is 8.75. The Labute approximate surface area is 209 Å². The Morgan fingerprint density at radius 2 is 1.66 bits per heavy atom. The van der Waals surface area contributed by atoms with E-state index in [2.05, 4.69) is 5.32 Å². The van der Waals surface area contributed by atoms with Gasteiger partial charge in [-0.05, 0) is 55.0 Å². The van der Waals surface area contributed by atoms with Crippen molar-refractivity contribution in [3.63, 3.8) is 0 Å². The number of primary amides is 1. The normalized spacial score (nSPS) is 10.7. The first-order valence-electron chi connectivity index (χ1n) is 11.1. The second kappa shape index (κ2) is 13.7. The smallest absolute Gasteiger partial charge is 0.248 e. The highest BCUT2D eigenvalue weighted by Gasteiger charge is 2.08. The Hall–Kier alpha value is -3.91. The van der Waals surface area contributed by atoms with Crippen LogP contribution in [0.15, 0.2) is 83.8 Å². The molecule has 0 heterocycles. The number of nitrogens with two attached hydrogens (primary N) is 1. The number of hydrogen-bond acceptors (Lipinski definition) is 6. The summed E-state index contributed by atoms with van der Waals surface area (Å²) >= 11 is 1.27. The van der Waals surface area contributed by atoms with Gasteiger partial charge in [0, 0.05) is 11.0 Å². The molecule has 0 fully saturated rings. The van der Waals surface area contributed by atoms with Crippen molar-refractivity contribution in [1.82, 2.24) is 0 Å². The minimum atomic E-state index is -0.419. The Bertz CT molecular complexity index is 1150. The predicted molar refractivity (Wildman–Crippen MR) is 139 cm³/mol. The zero-order chi connectivity index (χ0) is 24.9. The van der Waals surface area contributed by atoms with Gasteiger partial charge in [-0.1, -0.05) is 36.4 Å². The summed E-state index contributed by atoms with van der Waals surface area (Å²) in [7, 11) is 0. The molecule has 0 atom stereocenters. The molecule has 0 radical (unpaired) electrons. The first-order valence-corrected chi connectivity index (χ1v) is 12.1. The monoisotopic (exact) mass is 492 g/mol. The molecule has 3 N–H and O–H groups in total. The molecule has 2 amide bonds. The van der Waals surface area contributed by atoms with Gasteiger partial charge in [-0.15, -0.1) is 11.8 Å². The van der Waals surface area contributed by atoms with Crippen molar-refractivity contribution < 1.29 is 23.8 Å². The molecule has 0 spiro atoms. The average Bonchev–Trinajstić information content (AvgIpc) is 2.86. The quantitative estimate of drug-likeness (QED) is 0.203. The number of ether oxygens (including phenoxy) is 3. The fourth-order valence-electron chi connectivity index (χ4n) is 3.03. The van der Waals surface area contributed by atoms with Crippen LogP contribution in [0.4, 0.5) is 5.69 Å². The molecule has 7 nitrogen and oxygen atoms in total. The molecule has 0 unspecified atom stereocenters. The van der Waals surface area contributed by atoms with Crippen molar-refractivity contribution in [1.29, 1.82) is 0 Å². The lowest BCUT2D eigenvalue weighted by atomic mass is 10.2. The van der Waals surface area contributed by atoms with Crippen LogP contribution in [0, 0.1) is 0 Å². The van der Waals surface area contributed by atoms with Crippen molar-refractivity contribution in [2.45, 2.75) is 11.8 Å². The summed E-state index contributed by atoms with van der Waals surface area (Å²) in [6, 6.07) is 22.3. The molecule has 0 saturated carbocycles. The molecule has 0 saturated heterocycles. The van der Waals surface area contributed by atoms with Gasteiger partial charge in [-0.3, -0.25) is 9.59 Å². The Morgan fingerprint density at radius 3 is 2.43 bits per heavy atom. The fraction of sp³-hybridized carbons (Fsp3) is 0.185. The van der Waals surface area contributed by atoms with Gasteiger partial charge in [0.2, 0.25) is 11.8 Å². The maximum Gasteiger partial charge on any atom is 0.248 e. The summed E-state index contributed by atoms with van der Waals surface area (Å²) in [6.45, 7) is 3.13. The van der Waals surface area contributed by atoms with Crippen molar-refractivity contribution in [3.05, 3.63) is 84.4 Å². The van der Waals surface area contributed by atoms with E-state index in [1.165, 1.54) is 17.8 Å². The summed E-state index contributed by atoms with van der Waals surface area (Å²) in [4.78, 5) is 24.3. The maximum atomic E-state index is 12.5. The van der Waals surface area contributed by atoms with E-state index in [9.17, 15) is 9.59 Å². The van der Waals surface area contributed by atoms with Crippen molar-refractivity contribution in [2.75, 3.05) is 30.9 Å². The maximum absolute atomic E-state index is 12.5. The molecular formula is C27H28N2O5S. The summed E-state index contributed by atoms with van der Waals surface area (Å²) in [5, 5.41) is 2.83. The molecule has 3 aromatic carbocycles. The molecule has 0 bridgehead atoms. The Morgan fingerprint density at radius 1 is 0.914 bits per heavy atom. The number of thioether (sulfide) groups is 1. The third-order valence-electron chi connectivity index (χ3n) is 4.56. The first kappa shape index (κ1) is 25.7. The van der Waals surface area contributed by atoms with E-state index in [4.69, 9.17) is 19.9 Å². The summed E-state index contributed by atoms with van der Waals surface area (Å²) in [6.07, 6.45) is 3.13. The number of amides is 2. The Balaban J connectivity index is 1.58. The highest BCUT2D eigenvalue weighted by Crippen LogP contribution is 2.29. The zero-order valence-electron chi connectivity index (χ0n) is 19.4. The zero-order valence-corrected chi connectivity index (χ0v) is 20.3. The molecule has 0 aliphatic heterocycles. The van der Waals surface area contributed by atoms with Gasteiger partial charge in [0.25, 0.3) is 0 Å². The van der Waals surface area contributed by atoms with E-state index in [-0.39, 0.29) is 11.7 Å². The lowest BCUT2D eigenvalue weighted by Crippen LogP contribution is -2.13. The third-order valence-corrected chi connectivity index (χ3v) is 5.66. The first-order chi connectivity index (χ1) is 17.0. The minimum absolute atomic E-state index is 0.135. The lowest BCUT2D eigenvalue weighted by molar-refractivity contribution is -0.115. The fourth-order valence-corrected chi connectivity index (χ4v) is 3.78. The van der Waals surface area contributed by atoms with Crippen molar-refractivity contribution >= 4 is 35.3 Å². The number of para-hydroxylation sites is 2. The van der Waals surface area contributed by atoms with Gasteiger partial charge in [0.15, 0.2) is 11.5 Å². The largest absolute Gasteiger partial charge is 0.490 e. The van der Waals surface area contributed by atoms with Crippen LogP contribution in [0.1, 0.15) is 12.5 Å². The van der Waals surface area contributed by atoms with E-state index in [1.807, 2.05) is 67.6 Å². The number of anilines is 1. The lowest BCUT2D eigenvalue weighted by Gasteiger charge is -2.13. The average molecular weight is 493 g/mol. The second-order valence-electron chi connectivity index (χ2n) is 7.22. The highest BCUT2D eigenvalue weighted by atomic mass is 32.2. The molecule has 3 rings (SSSR count). The topological polar surface area (TPSA) is 99.9 Å². The van der Waals surface area contributed by atoms with Crippen LogP contribution in [-0.4, -0.2) is 37.4 Å². The Kier molecular flexibility index (Phi) is 10.1. The van der Waals surface area contributed by atoms with Crippen LogP contribution in [0.5, 0.6) is 17.2 Å². The summed E-state index contributed by atoms with van der Waals surface area (Å²) < 4.78 is 17.2. The molecule has 0 aliphatic carbocycles. The number of hydrogen-bond donors (Lipinski definition) is 2. The molecule has 0 aromatic heterocycles. The standard InChI is InChI=1S/C27H28N2O5S/c1-2-32-24-18-20(12-14-23(24)34-17-16-33-21-8-4-3-5-9-21)13-15-27(31)29-22-10-6-7-11-25(22)35-19-26(28)30/h3-15,18H,2,16-17,19H2,1H3,(H2,28,30)(H,29,31)/b15-13+. The number of carbonyl (C=O) groups excluding carboxylic acids is 2. The van der Waals surface area contributed by atoms with Gasteiger partial charge in [0.05, 0.1) is 18.0 Å². The molecule has 182 valence electrons. The SMILES string of the molecule is CCOc1cc(/C=C/C(=O)Nc2ccccc2SCC(N)=O)ccc1OCCOc1ccccc1. The number of benzene rings is 3. The highest BCUT2D eigenvalue weighted by molar-refractivity contribution is 8.00. The molecule has 0 aliphatic rings. The van der Waals surface area contributed by atoms with Crippen molar-refractivity contribution in [2.24, 2.45) is 5.73 Å². The van der Waals surface area contributed by atoms with E-state index < -0.39 is 5.91 Å². The van der Waals surface area contributed by atoms with Gasteiger partial charge in [0.1, 0.15) is 19.0 Å². The van der Waals surface area contributed by atoms with Crippen LogP contribution < -0.4 is 25.3 Å². The number of rotatable bonds is 13. The van der Waals surface area contributed by atoms with Crippen LogP contribution in [0.2, 0.25) is 0 Å². The van der Waals surface area contributed by atoms with E-state index >= 15 is 0 Å². The van der Waals surface area contributed by atoms with Crippen LogP contribution in [-0.2, 0) is 9.59 Å². The number of nitrogens with one attached hydrogen (secondary N) is 1. The molecular weight excluding hydrogens is 464 g/mol. The van der Waals surface area contributed by atoms with Crippen molar-refractivity contribution in [3.8, 4) is 17.2 Å². The summed E-state index contributed by atoms with van der Waals surface area (Å²) in [5.74, 6) is 1.39. The van der Waals surface area contributed by atoms with E-state index in [1.54, 1.807) is 18.2 Å². The summed E-state index contributed by atoms with van der Waals surface area (Å²) in [5.41, 5.74) is 6.62. The van der Waals surface area contributed by atoms with Gasteiger partial charge in [-0.25, -0.2) is 0 Å². The van der Waals surface area contributed by atoms with E-state index in [0.29, 0.717) is 37.0 Å². The van der Waals surface area contributed by atoms with Crippen LogP contribution in [0.3, 0.4) is 0 Å². The molecule has 3 aromatic rings. The van der Waals surface area contributed by atoms with Gasteiger partial charge < -0.3 is 25.3 Å². The predicted octanol–water partition coefficient (Wildman–Crippen LogP) is 4.77. The van der Waals surface area contributed by atoms with Gasteiger partial charge >= 0.3 is 0 Å². The number of carbonyl (C=O) groups is 2. The molecule has 8 heteroatoms. The van der Waals surface area contributed by atoms with E-state index in [0.717, 1.165) is 16.2 Å². The molecule has 35 heavy (non-hydrogen) atoms. The van der Waals surface area contributed by atoms with Crippen LogP contribution in [0.25, 0.3) is 6.08 Å².